The lowest BCUT2D eigenvalue weighted by molar-refractivity contribution is -0.141. The van der Waals surface area contributed by atoms with Crippen molar-refractivity contribution >= 4 is 5.97 Å². The Balaban J connectivity index is 2.46. The average Bonchev–Trinajstić information content (AvgIpc) is 2.28. The number of carbonyl (C=O) groups is 1. The van der Waals surface area contributed by atoms with Crippen molar-refractivity contribution in [3.05, 3.63) is 35.4 Å². The quantitative estimate of drug-likeness (QED) is 0.804. The first kappa shape index (κ1) is 12.7. The van der Waals surface area contributed by atoms with Gasteiger partial charge in [-0.25, -0.2) is 0 Å². The largest absolute Gasteiger partial charge is 0.481 e. The van der Waals surface area contributed by atoms with Gasteiger partial charge in [-0.3, -0.25) is 4.79 Å². The summed E-state index contributed by atoms with van der Waals surface area (Å²) < 4.78 is 5.02. The molecule has 1 rings (SSSR count). The third kappa shape index (κ3) is 4.03. The number of aliphatic carboxylic acids is 1. The lowest BCUT2D eigenvalue weighted by Gasteiger charge is -2.06. The van der Waals surface area contributed by atoms with E-state index in [0.717, 1.165) is 12.0 Å². The highest BCUT2D eigenvalue weighted by atomic mass is 16.5. The van der Waals surface area contributed by atoms with Crippen molar-refractivity contribution in [3.8, 4) is 0 Å². The molecule has 1 N–H and O–H groups in total. The summed E-state index contributed by atoms with van der Waals surface area (Å²) in [5.41, 5.74) is 2.31. The second-order valence-corrected chi connectivity index (χ2v) is 4.03. The normalized spacial score (nSPS) is 12.4. The fourth-order valence-electron chi connectivity index (χ4n) is 1.48. The molecule has 1 unspecified atom stereocenters. The van der Waals surface area contributed by atoms with Crippen molar-refractivity contribution in [2.24, 2.45) is 5.92 Å². The first-order valence-electron chi connectivity index (χ1n) is 5.43. The summed E-state index contributed by atoms with van der Waals surface area (Å²) in [4.78, 5) is 10.6. The Morgan fingerprint density at radius 1 is 1.31 bits per heavy atom. The highest BCUT2D eigenvalue weighted by Crippen LogP contribution is 2.11. The summed E-state index contributed by atoms with van der Waals surface area (Å²) in [6.45, 7) is 2.35. The van der Waals surface area contributed by atoms with E-state index in [1.54, 1.807) is 14.0 Å². The Labute approximate surface area is 96.1 Å². The van der Waals surface area contributed by atoms with E-state index in [1.807, 2.05) is 24.3 Å². The van der Waals surface area contributed by atoms with Crippen molar-refractivity contribution in [2.75, 3.05) is 7.11 Å². The lowest BCUT2D eigenvalue weighted by Crippen LogP contribution is -2.10. The van der Waals surface area contributed by atoms with Crippen LogP contribution in [-0.4, -0.2) is 18.2 Å². The van der Waals surface area contributed by atoms with Gasteiger partial charge in [-0.2, -0.15) is 0 Å². The van der Waals surface area contributed by atoms with E-state index in [4.69, 9.17) is 9.84 Å². The number of carboxylic acids is 1. The zero-order valence-electron chi connectivity index (χ0n) is 9.77. The monoisotopic (exact) mass is 222 g/mol. The minimum Gasteiger partial charge on any atom is -0.481 e. The lowest BCUT2D eigenvalue weighted by atomic mass is 10.0. The SMILES string of the molecule is COCc1ccc(CCC(C)C(=O)O)cc1. The molecule has 0 aromatic heterocycles. The molecule has 0 aliphatic rings. The third-order valence-electron chi connectivity index (χ3n) is 2.62. The van der Waals surface area contributed by atoms with Crippen molar-refractivity contribution in [2.45, 2.75) is 26.4 Å². The van der Waals surface area contributed by atoms with E-state index in [9.17, 15) is 4.79 Å². The molecule has 1 aromatic rings. The molecule has 0 amide bonds. The molecule has 0 aliphatic carbocycles. The summed E-state index contributed by atoms with van der Waals surface area (Å²) in [5.74, 6) is -1.00. The number of hydrogen-bond donors (Lipinski definition) is 1. The molecule has 88 valence electrons. The molecule has 1 atom stereocenters. The number of benzene rings is 1. The molecule has 0 bridgehead atoms. The van der Waals surface area contributed by atoms with Crippen LogP contribution in [0.5, 0.6) is 0 Å². The second kappa shape index (κ2) is 6.28. The Bertz CT molecular complexity index is 330. The zero-order valence-corrected chi connectivity index (χ0v) is 9.77. The minimum absolute atomic E-state index is 0.279. The van der Waals surface area contributed by atoms with E-state index in [2.05, 4.69) is 0 Å². The molecule has 1 aromatic carbocycles. The van der Waals surface area contributed by atoms with E-state index in [-0.39, 0.29) is 5.92 Å². The fraction of sp³-hybridized carbons (Fsp3) is 0.462. The molecule has 0 fully saturated rings. The molecule has 16 heavy (non-hydrogen) atoms. The topological polar surface area (TPSA) is 46.5 Å². The molecule has 0 spiro atoms. The van der Waals surface area contributed by atoms with Crippen LogP contribution in [0.4, 0.5) is 0 Å². The summed E-state index contributed by atoms with van der Waals surface area (Å²) in [5, 5.41) is 8.76. The van der Waals surface area contributed by atoms with Gasteiger partial charge in [0.1, 0.15) is 0 Å². The zero-order chi connectivity index (χ0) is 12.0. The molecule has 0 saturated carbocycles. The van der Waals surface area contributed by atoms with Crippen LogP contribution in [0.2, 0.25) is 0 Å². The van der Waals surface area contributed by atoms with Crippen molar-refractivity contribution < 1.29 is 14.6 Å². The van der Waals surface area contributed by atoms with Crippen LogP contribution in [0.1, 0.15) is 24.5 Å². The van der Waals surface area contributed by atoms with Crippen LogP contribution in [-0.2, 0) is 22.6 Å². The van der Waals surface area contributed by atoms with Gasteiger partial charge in [-0.15, -0.1) is 0 Å². The molecule has 0 saturated heterocycles. The van der Waals surface area contributed by atoms with Crippen LogP contribution in [0, 0.1) is 5.92 Å². The number of rotatable bonds is 6. The van der Waals surface area contributed by atoms with Crippen LogP contribution >= 0.6 is 0 Å². The van der Waals surface area contributed by atoms with Crippen molar-refractivity contribution in [3.63, 3.8) is 0 Å². The Morgan fingerprint density at radius 2 is 1.88 bits per heavy atom. The maximum absolute atomic E-state index is 10.6. The van der Waals surface area contributed by atoms with Crippen LogP contribution in [0.15, 0.2) is 24.3 Å². The maximum Gasteiger partial charge on any atom is 0.306 e. The Kier molecular flexibility index (Phi) is 4.99. The standard InChI is InChI=1S/C13H18O3/c1-10(13(14)15)3-4-11-5-7-12(8-6-11)9-16-2/h5-8,10H,3-4,9H2,1-2H3,(H,14,15). The van der Waals surface area contributed by atoms with Crippen LogP contribution in [0.3, 0.4) is 0 Å². The summed E-state index contributed by atoms with van der Waals surface area (Å²) in [7, 11) is 1.67. The number of carboxylic acid groups (broad SMARTS) is 1. The van der Waals surface area contributed by atoms with Gasteiger partial charge in [-0.1, -0.05) is 31.2 Å². The molecule has 0 aliphatic heterocycles. The first-order valence-corrected chi connectivity index (χ1v) is 5.43. The van der Waals surface area contributed by atoms with Gasteiger partial charge in [0.05, 0.1) is 12.5 Å². The minimum atomic E-state index is -0.726. The van der Waals surface area contributed by atoms with E-state index >= 15 is 0 Å². The summed E-state index contributed by atoms with van der Waals surface area (Å²) in [6, 6.07) is 8.10. The van der Waals surface area contributed by atoms with Crippen LogP contribution < -0.4 is 0 Å². The molecule has 3 nitrogen and oxygen atoms in total. The highest BCUT2D eigenvalue weighted by Gasteiger charge is 2.10. The third-order valence-corrected chi connectivity index (χ3v) is 2.62. The Hall–Kier alpha value is -1.35. The number of aryl methyl sites for hydroxylation is 1. The number of methoxy groups -OCH3 is 1. The second-order valence-electron chi connectivity index (χ2n) is 4.03. The molecule has 0 radical (unpaired) electrons. The van der Waals surface area contributed by atoms with Gasteiger partial charge in [0, 0.05) is 7.11 Å². The van der Waals surface area contributed by atoms with Gasteiger partial charge in [0.15, 0.2) is 0 Å². The predicted octanol–water partition coefficient (Wildman–Crippen LogP) is 2.49. The predicted molar refractivity (Wildman–Crippen MR) is 62.3 cm³/mol. The number of ether oxygens (including phenoxy) is 1. The van der Waals surface area contributed by atoms with E-state index in [0.29, 0.717) is 13.0 Å². The number of hydrogen-bond acceptors (Lipinski definition) is 2. The van der Waals surface area contributed by atoms with Gasteiger partial charge < -0.3 is 9.84 Å². The Morgan fingerprint density at radius 3 is 2.38 bits per heavy atom. The summed E-state index contributed by atoms with van der Waals surface area (Å²) >= 11 is 0. The smallest absolute Gasteiger partial charge is 0.306 e. The van der Waals surface area contributed by atoms with Gasteiger partial charge in [-0.05, 0) is 24.0 Å². The van der Waals surface area contributed by atoms with Gasteiger partial charge in [0.2, 0.25) is 0 Å². The maximum atomic E-state index is 10.6. The van der Waals surface area contributed by atoms with Crippen molar-refractivity contribution in [1.82, 2.24) is 0 Å². The molecular formula is C13H18O3. The molecule has 3 heteroatoms. The highest BCUT2D eigenvalue weighted by molar-refractivity contribution is 5.69. The fourth-order valence-corrected chi connectivity index (χ4v) is 1.48. The van der Waals surface area contributed by atoms with E-state index < -0.39 is 5.97 Å². The van der Waals surface area contributed by atoms with Crippen molar-refractivity contribution in [1.29, 1.82) is 0 Å². The molecular weight excluding hydrogens is 204 g/mol. The summed E-state index contributed by atoms with van der Waals surface area (Å²) in [6.07, 6.45) is 1.49. The van der Waals surface area contributed by atoms with Gasteiger partial charge in [0.25, 0.3) is 0 Å². The first-order chi connectivity index (χ1) is 7.63. The molecule has 0 heterocycles. The average molecular weight is 222 g/mol. The van der Waals surface area contributed by atoms with Gasteiger partial charge >= 0.3 is 5.97 Å². The van der Waals surface area contributed by atoms with E-state index in [1.165, 1.54) is 5.56 Å². The van der Waals surface area contributed by atoms with Crippen LogP contribution in [0.25, 0.3) is 0 Å².